The van der Waals surface area contributed by atoms with E-state index in [0.29, 0.717) is 18.3 Å². The van der Waals surface area contributed by atoms with Crippen molar-refractivity contribution in [1.82, 2.24) is 5.32 Å². The van der Waals surface area contributed by atoms with Gasteiger partial charge in [-0.25, -0.2) is 0 Å². The van der Waals surface area contributed by atoms with Crippen LogP contribution in [0.5, 0.6) is 0 Å². The first-order chi connectivity index (χ1) is 10.6. The van der Waals surface area contributed by atoms with Crippen LogP contribution in [0.15, 0.2) is 24.3 Å². The van der Waals surface area contributed by atoms with E-state index in [0.717, 1.165) is 12.2 Å². The lowest BCUT2D eigenvalue weighted by Crippen LogP contribution is -2.38. The van der Waals surface area contributed by atoms with Crippen molar-refractivity contribution in [2.45, 2.75) is 44.6 Å². The van der Waals surface area contributed by atoms with Crippen LogP contribution in [0, 0.1) is 5.92 Å². The molecule has 1 amide bonds. The van der Waals surface area contributed by atoms with Crippen LogP contribution in [0.1, 0.15) is 49.7 Å². The molecule has 2 rings (SSSR count). The number of hydrogen-bond donors (Lipinski definition) is 2. The van der Waals surface area contributed by atoms with Crippen molar-refractivity contribution in [2.75, 3.05) is 18.6 Å². The Morgan fingerprint density at radius 1 is 1.36 bits per heavy atom. The summed E-state index contributed by atoms with van der Waals surface area (Å²) in [5.74, 6) is 2.01. The average molecular weight is 321 g/mol. The molecule has 0 spiro atoms. The summed E-state index contributed by atoms with van der Waals surface area (Å²) in [4.78, 5) is 12.3. The van der Waals surface area contributed by atoms with E-state index in [-0.39, 0.29) is 24.5 Å². The molecule has 2 N–H and O–H groups in total. The summed E-state index contributed by atoms with van der Waals surface area (Å²) in [6.45, 7) is 4.50. The SMILES string of the molecule is CSCC(CCO)NC(=O)C1CC1c1ccc(C(C)C)cc1. The molecule has 122 valence electrons. The van der Waals surface area contributed by atoms with Gasteiger partial charge in [-0.3, -0.25) is 4.79 Å². The Bertz CT molecular complexity index is 480. The predicted octanol–water partition coefficient (Wildman–Crippen LogP) is 3.14. The van der Waals surface area contributed by atoms with Gasteiger partial charge in [0.25, 0.3) is 0 Å². The topological polar surface area (TPSA) is 49.3 Å². The highest BCUT2D eigenvalue weighted by atomic mass is 32.2. The van der Waals surface area contributed by atoms with Crippen molar-refractivity contribution in [3.05, 3.63) is 35.4 Å². The minimum absolute atomic E-state index is 0.0806. The Morgan fingerprint density at radius 3 is 2.59 bits per heavy atom. The Morgan fingerprint density at radius 2 is 2.05 bits per heavy atom. The number of benzene rings is 1. The molecule has 1 aliphatic carbocycles. The second-order valence-electron chi connectivity index (χ2n) is 6.44. The summed E-state index contributed by atoms with van der Waals surface area (Å²) in [7, 11) is 0. The van der Waals surface area contributed by atoms with Crippen molar-refractivity contribution in [3.8, 4) is 0 Å². The molecule has 0 saturated heterocycles. The maximum atomic E-state index is 12.3. The molecule has 22 heavy (non-hydrogen) atoms. The van der Waals surface area contributed by atoms with E-state index in [4.69, 9.17) is 5.11 Å². The third-order valence-electron chi connectivity index (χ3n) is 4.35. The van der Waals surface area contributed by atoms with Gasteiger partial charge in [0.05, 0.1) is 0 Å². The fourth-order valence-electron chi connectivity index (χ4n) is 2.84. The molecule has 1 aliphatic rings. The lowest BCUT2D eigenvalue weighted by molar-refractivity contribution is -0.123. The number of aliphatic hydroxyl groups excluding tert-OH is 1. The van der Waals surface area contributed by atoms with E-state index in [1.165, 1.54) is 11.1 Å². The predicted molar refractivity (Wildman–Crippen MR) is 93.4 cm³/mol. The first-order valence-electron chi connectivity index (χ1n) is 8.06. The molecule has 0 heterocycles. The molecule has 1 fully saturated rings. The van der Waals surface area contributed by atoms with E-state index >= 15 is 0 Å². The first kappa shape index (κ1) is 17.4. The number of carbonyl (C=O) groups excluding carboxylic acids is 1. The summed E-state index contributed by atoms with van der Waals surface area (Å²) in [5, 5.41) is 12.2. The van der Waals surface area contributed by atoms with Crippen LogP contribution in [0.2, 0.25) is 0 Å². The zero-order chi connectivity index (χ0) is 16.1. The zero-order valence-electron chi connectivity index (χ0n) is 13.7. The van der Waals surface area contributed by atoms with Crippen LogP contribution in [-0.4, -0.2) is 35.7 Å². The van der Waals surface area contributed by atoms with Gasteiger partial charge >= 0.3 is 0 Å². The van der Waals surface area contributed by atoms with Crippen LogP contribution in [0.3, 0.4) is 0 Å². The average Bonchev–Trinajstić information content (AvgIpc) is 3.28. The van der Waals surface area contributed by atoms with Gasteiger partial charge in [0.1, 0.15) is 0 Å². The lowest BCUT2D eigenvalue weighted by atomic mass is 10.00. The second-order valence-corrected chi connectivity index (χ2v) is 7.35. The molecule has 0 aromatic heterocycles. The van der Waals surface area contributed by atoms with E-state index in [9.17, 15) is 4.79 Å². The molecular formula is C18H27NO2S. The zero-order valence-corrected chi connectivity index (χ0v) is 14.5. The highest BCUT2D eigenvalue weighted by Crippen LogP contribution is 2.47. The Kier molecular flexibility index (Phi) is 6.33. The number of carbonyl (C=O) groups is 1. The molecular weight excluding hydrogens is 294 g/mol. The van der Waals surface area contributed by atoms with Crippen molar-refractivity contribution in [2.24, 2.45) is 5.92 Å². The Balaban J connectivity index is 1.89. The third-order valence-corrected chi connectivity index (χ3v) is 5.09. The van der Waals surface area contributed by atoms with Gasteiger partial charge in [0, 0.05) is 24.3 Å². The summed E-state index contributed by atoms with van der Waals surface area (Å²) in [6, 6.07) is 8.77. The fourth-order valence-corrected chi connectivity index (χ4v) is 3.50. The van der Waals surface area contributed by atoms with Crippen LogP contribution < -0.4 is 5.32 Å². The van der Waals surface area contributed by atoms with Gasteiger partial charge in [-0.05, 0) is 42.1 Å². The quantitative estimate of drug-likeness (QED) is 0.773. The normalized spacial score (nSPS) is 21.7. The molecule has 1 aromatic carbocycles. The number of thioether (sulfide) groups is 1. The van der Waals surface area contributed by atoms with E-state index in [1.807, 2.05) is 6.26 Å². The van der Waals surface area contributed by atoms with Gasteiger partial charge in [0.15, 0.2) is 0 Å². The van der Waals surface area contributed by atoms with Crippen molar-refractivity contribution >= 4 is 17.7 Å². The van der Waals surface area contributed by atoms with Crippen molar-refractivity contribution in [1.29, 1.82) is 0 Å². The third kappa shape index (κ3) is 4.50. The molecule has 3 atom stereocenters. The fraction of sp³-hybridized carbons (Fsp3) is 0.611. The van der Waals surface area contributed by atoms with Gasteiger partial charge in [-0.1, -0.05) is 38.1 Å². The minimum Gasteiger partial charge on any atom is -0.396 e. The van der Waals surface area contributed by atoms with Crippen LogP contribution in [0.4, 0.5) is 0 Å². The molecule has 4 heteroatoms. The Hall–Kier alpha value is -1.00. The summed E-state index contributed by atoms with van der Waals surface area (Å²) in [6.07, 6.45) is 3.60. The molecule has 1 aromatic rings. The number of rotatable bonds is 8. The van der Waals surface area contributed by atoms with Gasteiger partial charge in [-0.2, -0.15) is 11.8 Å². The molecule has 0 radical (unpaired) electrons. The van der Waals surface area contributed by atoms with Crippen molar-refractivity contribution < 1.29 is 9.90 Å². The molecule has 0 bridgehead atoms. The smallest absolute Gasteiger partial charge is 0.223 e. The van der Waals surface area contributed by atoms with Gasteiger partial charge in [0.2, 0.25) is 5.91 Å². The highest BCUT2D eigenvalue weighted by molar-refractivity contribution is 7.98. The summed E-state index contributed by atoms with van der Waals surface area (Å²) in [5.41, 5.74) is 2.61. The van der Waals surface area contributed by atoms with Gasteiger partial charge < -0.3 is 10.4 Å². The molecule has 0 aliphatic heterocycles. The minimum atomic E-state index is 0.0806. The van der Waals surface area contributed by atoms with Crippen LogP contribution in [0.25, 0.3) is 0 Å². The molecule has 3 unspecified atom stereocenters. The molecule has 1 saturated carbocycles. The largest absolute Gasteiger partial charge is 0.396 e. The number of nitrogens with one attached hydrogen (secondary N) is 1. The Labute approximate surface area is 137 Å². The van der Waals surface area contributed by atoms with Crippen LogP contribution >= 0.6 is 11.8 Å². The summed E-state index contributed by atoms with van der Waals surface area (Å²) >= 11 is 1.70. The monoisotopic (exact) mass is 321 g/mol. The van der Waals surface area contributed by atoms with E-state index in [2.05, 4.69) is 43.4 Å². The van der Waals surface area contributed by atoms with Crippen molar-refractivity contribution in [3.63, 3.8) is 0 Å². The number of aliphatic hydroxyl groups is 1. The van der Waals surface area contributed by atoms with Crippen LogP contribution in [-0.2, 0) is 4.79 Å². The highest BCUT2D eigenvalue weighted by Gasteiger charge is 2.44. The number of hydrogen-bond acceptors (Lipinski definition) is 3. The standard InChI is InChI=1S/C18H27NO2S/c1-12(2)13-4-6-14(7-5-13)16-10-17(16)18(21)19-15(8-9-20)11-22-3/h4-7,12,15-17,20H,8-11H2,1-3H3,(H,19,21). The lowest BCUT2D eigenvalue weighted by Gasteiger charge is -2.16. The van der Waals surface area contributed by atoms with E-state index < -0.39 is 0 Å². The first-order valence-corrected chi connectivity index (χ1v) is 9.46. The molecule has 3 nitrogen and oxygen atoms in total. The summed E-state index contributed by atoms with van der Waals surface area (Å²) < 4.78 is 0. The number of amides is 1. The van der Waals surface area contributed by atoms with Gasteiger partial charge in [-0.15, -0.1) is 0 Å². The second kappa shape index (κ2) is 8.02. The van der Waals surface area contributed by atoms with E-state index in [1.54, 1.807) is 11.8 Å². The maximum Gasteiger partial charge on any atom is 0.223 e. The maximum absolute atomic E-state index is 12.3.